The zero-order valence-corrected chi connectivity index (χ0v) is 15.3. The van der Waals surface area contributed by atoms with Crippen molar-refractivity contribution in [1.82, 2.24) is 0 Å². The number of unbranched alkanes of at least 4 members (excludes halogenated alkanes) is 9. The third kappa shape index (κ3) is 14.8. The maximum Gasteiger partial charge on any atom is 1.00 e. The first-order valence-electron chi connectivity index (χ1n) is 7.68. The van der Waals surface area contributed by atoms with Crippen LogP contribution in [0.25, 0.3) is 0 Å². The van der Waals surface area contributed by atoms with Crippen LogP contribution in [-0.2, 0) is 9.53 Å². The van der Waals surface area contributed by atoms with Crippen molar-refractivity contribution in [2.24, 2.45) is 0 Å². The molecule has 5 heteroatoms. The van der Waals surface area contributed by atoms with Crippen molar-refractivity contribution < 1.29 is 50.7 Å². The molecule has 0 saturated carbocycles. The van der Waals surface area contributed by atoms with Gasteiger partial charge >= 0.3 is 35.5 Å². The van der Waals surface area contributed by atoms with Crippen molar-refractivity contribution in [2.75, 3.05) is 13.2 Å². The normalized spacial score (nSPS) is 11.8. The summed E-state index contributed by atoms with van der Waals surface area (Å²) < 4.78 is 4.82. The van der Waals surface area contributed by atoms with Crippen LogP contribution in [0.2, 0.25) is 0 Å². The summed E-state index contributed by atoms with van der Waals surface area (Å²) in [6, 6.07) is 0. The number of hydrogen-bond donors (Lipinski definition) is 2. The van der Waals surface area contributed by atoms with Crippen LogP contribution < -0.4 is 29.6 Å². The van der Waals surface area contributed by atoms with Crippen molar-refractivity contribution >= 4 is 5.97 Å². The first-order valence-corrected chi connectivity index (χ1v) is 7.68. The van der Waals surface area contributed by atoms with E-state index >= 15 is 0 Å². The predicted molar refractivity (Wildman–Crippen MR) is 77.0 cm³/mol. The Morgan fingerprint density at radius 1 is 1.00 bits per heavy atom. The molecule has 0 spiro atoms. The Kier molecular flexibility index (Phi) is 19.8. The summed E-state index contributed by atoms with van der Waals surface area (Å²) in [4.78, 5) is 11.0. The minimum atomic E-state index is -1.39. The average Bonchev–Trinajstić information content (AvgIpc) is 2.43. The summed E-state index contributed by atoms with van der Waals surface area (Å²) in [6.45, 7) is 2.00. The Bertz CT molecular complexity index is 218. The number of ether oxygens (including phenoxy) is 1. The van der Waals surface area contributed by atoms with E-state index in [1.807, 2.05) is 0 Å². The molecule has 0 aromatic heterocycles. The molecule has 0 fully saturated rings. The van der Waals surface area contributed by atoms with Gasteiger partial charge in [0, 0.05) is 0 Å². The van der Waals surface area contributed by atoms with Gasteiger partial charge in [0.25, 0.3) is 0 Å². The van der Waals surface area contributed by atoms with Crippen LogP contribution in [0.3, 0.4) is 0 Å². The first kappa shape index (κ1) is 22.7. The molecule has 0 aromatic carbocycles. The van der Waals surface area contributed by atoms with Crippen molar-refractivity contribution in [1.29, 1.82) is 0 Å². The number of aliphatic hydroxyl groups excluding tert-OH is 2. The van der Waals surface area contributed by atoms with Gasteiger partial charge in [0.2, 0.25) is 0 Å². The smallest absolute Gasteiger partial charge is 1.00 e. The molecule has 20 heavy (non-hydrogen) atoms. The van der Waals surface area contributed by atoms with E-state index in [1.54, 1.807) is 0 Å². The van der Waals surface area contributed by atoms with Gasteiger partial charge in [0.1, 0.15) is 0 Å². The molecule has 0 aliphatic carbocycles. The fourth-order valence-electron chi connectivity index (χ4n) is 1.93. The average molecular weight is 298 g/mol. The van der Waals surface area contributed by atoms with Gasteiger partial charge in [-0.25, -0.2) is 4.79 Å². The molecule has 0 radical (unpaired) electrons. The van der Waals surface area contributed by atoms with Crippen molar-refractivity contribution in [3.63, 3.8) is 0 Å². The molecule has 116 valence electrons. The Morgan fingerprint density at radius 2 is 1.45 bits per heavy atom. The van der Waals surface area contributed by atoms with Gasteiger partial charge < -0.3 is 16.4 Å². The van der Waals surface area contributed by atoms with E-state index in [2.05, 4.69) is 6.92 Å². The van der Waals surface area contributed by atoms with Gasteiger partial charge in [-0.15, -0.1) is 0 Å². The Morgan fingerprint density at radius 3 is 1.90 bits per heavy atom. The molecular formula is C15H31NaO4. The number of carbonyl (C=O) groups excluding carboxylic acids is 1. The Labute approximate surface area is 147 Å². The maximum atomic E-state index is 11.0. The third-order valence-electron chi connectivity index (χ3n) is 3.19. The molecule has 0 aromatic rings. The molecule has 0 amide bonds. The van der Waals surface area contributed by atoms with Crippen LogP contribution in [0.15, 0.2) is 0 Å². The summed E-state index contributed by atoms with van der Waals surface area (Å²) in [5.41, 5.74) is 0. The van der Waals surface area contributed by atoms with Crippen LogP contribution in [0.5, 0.6) is 0 Å². The number of rotatable bonds is 13. The molecule has 0 aliphatic rings. The number of hydrogen-bond acceptors (Lipinski definition) is 4. The fraction of sp³-hybridized carbons (Fsp3) is 0.933. The second kappa shape index (κ2) is 17.4. The summed E-state index contributed by atoms with van der Waals surface area (Å²) in [5, 5.41) is 17.5. The molecule has 1 unspecified atom stereocenters. The summed E-state index contributed by atoms with van der Waals surface area (Å²) in [7, 11) is 0. The van der Waals surface area contributed by atoms with Crippen molar-refractivity contribution in [3.05, 3.63) is 0 Å². The van der Waals surface area contributed by atoms with E-state index < -0.39 is 18.7 Å². The molecule has 0 heterocycles. The van der Waals surface area contributed by atoms with Crippen LogP contribution in [0, 0.1) is 0 Å². The third-order valence-corrected chi connectivity index (χ3v) is 3.19. The van der Waals surface area contributed by atoms with E-state index in [-0.39, 0.29) is 31.0 Å². The predicted octanol–water partition coefficient (Wildman–Crippen LogP) is -0.0798. The molecule has 0 rings (SSSR count). The van der Waals surface area contributed by atoms with Crippen LogP contribution >= 0.6 is 0 Å². The second-order valence-electron chi connectivity index (χ2n) is 5.05. The number of aliphatic hydroxyl groups is 2. The second-order valence-corrected chi connectivity index (χ2v) is 5.05. The summed E-state index contributed by atoms with van der Waals surface area (Å²) in [5.74, 6) is -0.724. The summed E-state index contributed by atoms with van der Waals surface area (Å²) >= 11 is 0. The maximum absolute atomic E-state index is 11.0. The van der Waals surface area contributed by atoms with E-state index in [0.29, 0.717) is 6.61 Å². The van der Waals surface area contributed by atoms with Crippen LogP contribution in [0.1, 0.15) is 72.6 Å². The standard InChI is InChI=1S/C15H30O4.Na.H/c1-2-3-4-5-6-7-8-9-10-11-12-19-15(18)14(17)13-16;;/h14,16-17H,2-13H2,1H3;;/q;+1;-1. The zero-order chi connectivity index (χ0) is 14.3. The molecular weight excluding hydrogens is 267 g/mol. The van der Waals surface area contributed by atoms with E-state index in [9.17, 15) is 4.79 Å². The Balaban J connectivity index is -0.00000162. The summed E-state index contributed by atoms with van der Waals surface area (Å²) in [6.07, 6.45) is 10.9. The molecule has 1 atom stereocenters. The van der Waals surface area contributed by atoms with E-state index in [0.717, 1.165) is 12.8 Å². The molecule has 0 aliphatic heterocycles. The van der Waals surface area contributed by atoms with Gasteiger partial charge in [-0.05, 0) is 6.42 Å². The number of esters is 1. The Hall–Kier alpha value is 0.390. The van der Waals surface area contributed by atoms with Crippen molar-refractivity contribution in [2.45, 2.75) is 77.2 Å². The SMILES string of the molecule is CCCCCCCCCCCCOC(=O)C(O)CO.[H-].[Na+]. The fourth-order valence-corrected chi connectivity index (χ4v) is 1.93. The van der Waals surface area contributed by atoms with Crippen LogP contribution in [-0.4, -0.2) is 35.5 Å². The minimum absolute atomic E-state index is 0. The van der Waals surface area contributed by atoms with Gasteiger partial charge in [-0.2, -0.15) is 0 Å². The number of carbonyl (C=O) groups is 1. The topological polar surface area (TPSA) is 66.8 Å². The van der Waals surface area contributed by atoms with Gasteiger partial charge in [0.15, 0.2) is 6.10 Å². The molecule has 0 saturated heterocycles. The largest absolute Gasteiger partial charge is 1.00 e. The van der Waals surface area contributed by atoms with Gasteiger partial charge in [0.05, 0.1) is 13.2 Å². The monoisotopic (exact) mass is 298 g/mol. The quantitative estimate of drug-likeness (QED) is 0.284. The van der Waals surface area contributed by atoms with Gasteiger partial charge in [-0.3, -0.25) is 0 Å². The van der Waals surface area contributed by atoms with E-state index in [4.69, 9.17) is 14.9 Å². The first-order chi connectivity index (χ1) is 9.22. The van der Waals surface area contributed by atoms with E-state index in [1.165, 1.54) is 51.4 Å². The molecule has 0 bridgehead atoms. The van der Waals surface area contributed by atoms with Gasteiger partial charge in [-0.1, -0.05) is 64.7 Å². The zero-order valence-electron chi connectivity index (χ0n) is 14.3. The minimum Gasteiger partial charge on any atom is -1.00 e. The molecule has 4 nitrogen and oxygen atoms in total. The molecule has 2 N–H and O–H groups in total. The van der Waals surface area contributed by atoms with Crippen LogP contribution in [0.4, 0.5) is 0 Å². The van der Waals surface area contributed by atoms with Crippen molar-refractivity contribution in [3.8, 4) is 0 Å².